The Bertz CT molecular complexity index is 538. The van der Waals surface area contributed by atoms with Gasteiger partial charge in [0.25, 0.3) is 0 Å². The van der Waals surface area contributed by atoms with Crippen LogP contribution in [-0.4, -0.2) is 11.5 Å². The molecule has 0 amide bonds. The quantitative estimate of drug-likeness (QED) is 0.827. The van der Waals surface area contributed by atoms with Crippen LogP contribution in [0.2, 0.25) is 5.02 Å². The molecule has 2 aromatic rings. The molecule has 5 heteroatoms. The molecule has 0 radical (unpaired) electrons. The Labute approximate surface area is 121 Å². The Morgan fingerprint density at radius 3 is 2.89 bits per heavy atom. The lowest BCUT2D eigenvalue weighted by Crippen LogP contribution is -2.15. The molecule has 0 saturated carbocycles. The van der Waals surface area contributed by atoms with Gasteiger partial charge in [-0.3, -0.25) is 0 Å². The van der Waals surface area contributed by atoms with Gasteiger partial charge in [-0.25, -0.2) is 0 Å². The van der Waals surface area contributed by atoms with Crippen molar-refractivity contribution in [3.8, 4) is 0 Å². The van der Waals surface area contributed by atoms with E-state index in [1.54, 1.807) is 17.4 Å². The van der Waals surface area contributed by atoms with Crippen molar-refractivity contribution in [1.29, 1.82) is 0 Å². The maximum atomic E-state index is 6.10. The number of thiophene rings is 1. The van der Waals surface area contributed by atoms with E-state index in [9.17, 15) is 0 Å². The summed E-state index contributed by atoms with van der Waals surface area (Å²) in [5.41, 5.74) is 8.63. The molecule has 2 nitrogen and oxygen atoms in total. The zero-order valence-electron chi connectivity index (χ0n) is 9.65. The number of anilines is 1. The van der Waals surface area contributed by atoms with Crippen molar-refractivity contribution in [2.45, 2.75) is 6.42 Å². The van der Waals surface area contributed by atoms with E-state index in [4.69, 9.17) is 29.6 Å². The van der Waals surface area contributed by atoms with Crippen LogP contribution in [-0.2, 0) is 6.42 Å². The van der Waals surface area contributed by atoms with Gasteiger partial charge in [-0.1, -0.05) is 29.9 Å². The van der Waals surface area contributed by atoms with Crippen LogP contribution in [0.5, 0.6) is 0 Å². The highest BCUT2D eigenvalue weighted by Crippen LogP contribution is 2.24. The molecular formula is C13H13ClN2S2. The first-order valence-corrected chi connectivity index (χ1v) is 7.24. The first kappa shape index (κ1) is 13.3. The normalized spacial score (nSPS) is 10.3. The van der Waals surface area contributed by atoms with E-state index in [-0.39, 0.29) is 0 Å². The summed E-state index contributed by atoms with van der Waals surface area (Å²) in [6.07, 6.45) is 0.965. The summed E-state index contributed by atoms with van der Waals surface area (Å²) in [6.45, 7) is 0.826. The maximum Gasteiger partial charge on any atom is 0.107 e. The predicted molar refractivity (Wildman–Crippen MR) is 83.9 cm³/mol. The molecule has 0 atom stereocenters. The van der Waals surface area contributed by atoms with Gasteiger partial charge in [-0.05, 0) is 40.9 Å². The van der Waals surface area contributed by atoms with Crippen LogP contribution < -0.4 is 11.1 Å². The standard InChI is InChI=1S/C13H13ClN2S2/c14-10-2-1-3-11(12(10)13(15)17)16-6-4-9-5-7-18-8-9/h1-3,5,7-8,16H,4,6H2,(H2,15,17). The van der Waals surface area contributed by atoms with Gasteiger partial charge >= 0.3 is 0 Å². The van der Waals surface area contributed by atoms with Gasteiger partial charge in [0.1, 0.15) is 4.99 Å². The second-order valence-corrected chi connectivity index (χ2v) is 5.46. The van der Waals surface area contributed by atoms with Crippen molar-refractivity contribution in [2.24, 2.45) is 5.73 Å². The van der Waals surface area contributed by atoms with Gasteiger partial charge in [0.2, 0.25) is 0 Å². The molecule has 0 aliphatic carbocycles. The van der Waals surface area contributed by atoms with Crippen molar-refractivity contribution < 1.29 is 0 Å². The lowest BCUT2D eigenvalue weighted by atomic mass is 10.1. The van der Waals surface area contributed by atoms with Crippen LogP contribution in [0.25, 0.3) is 0 Å². The number of hydrogen-bond acceptors (Lipinski definition) is 3. The molecule has 1 aromatic heterocycles. The topological polar surface area (TPSA) is 38.0 Å². The Balaban J connectivity index is 2.05. The molecule has 0 saturated heterocycles. The summed E-state index contributed by atoms with van der Waals surface area (Å²) < 4.78 is 0. The van der Waals surface area contributed by atoms with Crippen LogP contribution in [0.1, 0.15) is 11.1 Å². The van der Waals surface area contributed by atoms with Crippen molar-refractivity contribution in [3.05, 3.63) is 51.2 Å². The van der Waals surface area contributed by atoms with Gasteiger partial charge in [0, 0.05) is 12.2 Å². The number of halogens is 1. The van der Waals surface area contributed by atoms with E-state index in [1.807, 2.05) is 12.1 Å². The van der Waals surface area contributed by atoms with E-state index in [0.29, 0.717) is 10.0 Å². The second kappa shape index (κ2) is 6.18. The summed E-state index contributed by atoms with van der Waals surface area (Å²) in [5, 5.41) is 8.14. The highest BCUT2D eigenvalue weighted by molar-refractivity contribution is 7.80. The molecule has 0 fully saturated rings. The van der Waals surface area contributed by atoms with E-state index in [1.165, 1.54) is 5.56 Å². The third-order valence-corrected chi connectivity index (χ3v) is 3.82. The highest BCUT2D eigenvalue weighted by atomic mass is 35.5. The van der Waals surface area contributed by atoms with E-state index in [0.717, 1.165) is 24.2 Å². The van der Waals surface area contributed by atoms with Crippen molar-refractivity contribution >= 4 is 45.8 Å². The van der Waals surface area contributed by atoms with Gasteiger partial charge in [-0.2, -0.15) is 11.3 Å². The largest absolute Gasteiger partial charge is 0.389 e. The lowest BCUT2D eigenvalue weighted by Gasteiger charge is -2.12. The van der Waals surface area contributed by atoms with E-state index in [2.05, 4.69) is 22.1 Å². The zero-order chi connectivity index (χ0) is 13.0. The smallest absolute Gasteiger partial charge is 0.107 e. The predicted octanol–water partition coefficient (Wildman–Crippen LogP) is 3.69. The molecule has 0 unspecified atom stereocenters. The molecule has 0 aliphatic rings. The van der Waals surface area contributed by atoms with E-state index < -0.39 is 0 Å². The number of thiocarbonyl (C=S) groups is 1. The Hall–Kier alpha value is -1.10. The number of nitrogens with one attached hydrogen (secondary N) is 1. The molecule has 3 N–H and O–H groups in total. The lowest BCUT2D eigenvalue weighted by molar-refractivity contribution is 1.03. The summed E-state index contributed by atoms with van der Waals surface area (Å²) >= 11 is 12.8. The summed E-state index contributed by atoms with van der Waals surface area (Å²) in [4.78, 5) is 0.318. The molecule has 1 heterocycles. The van der Waals surface area contributed by atoms with Crippen molar-refractivity contribution in [1.82, 2.24) is 0 Å². The fourth-order valence-corrected chi connectivity index (χ4v) is 2.95. The summed E-state index contributed by atoms with van der Waals surface area (Å²) in [6, 6.07) is 7.74. The second-order valence-electron chi connectivity index (χ2n) is 3.84. The Morgan fingerprint density at radius 2 is 2.22 bits per heavy atom. The average molecular weight is 297 g/mol. The summed E-state index contributed by atoms with van der Waals surface area (Å²) in [7, 11) is 0. The third-order valence-electron chi connectivity index (χ3n) is 2.57. The molecule has 0 spiro atoms. The van der Waals surface area contributed by atoms with Gasteiger partial charge in [-0.15, -0.1) is 0 Å². The SMILES string of the molecule is NC(=S)c1c(Cl)cccc1NCCc1ccsc1. The van der Waals surface area contributed by atoms with Crippen molar-refractivity contribution in [2.75, 3.05) is 11.9 Å². The highest BCUT2D eigenvalue weighted by Gasteiger charge is 2.09. The Morgan fingerprint density at radius 1 is 1.39 bits per heavy atom. The fourth-order valence-electron chi connectivity index (χ4n) is 1.70. The Kier molecular flexibility index (Phi) is 4.58. The van der Waals surface area contributed by atoms with Crippen LogP contribution in [0.3, 0.4) is 0 Å². The number of nitrogens with two attached hydrogens (primary N) is 1. The molecule has 94 valence electrons. The molecule has 2 rings (SSSR count). The minimum atomic E-state index is 0.318. The van der Waals surface area contributed by atoms with Crippen molar-refractivity contribution in [3.63, 3.8) is 0 Å². The average Bonchev–Trinajstić information content (AvgIpc) is 2.81. The first-order valence-electron chi connectivity index (χ1n) is 5.51. The molecule has 1 aromatic carbocycles. The van der Waals surface area contributed by atoms with Gasteiger partial charge < -0.3 is 11.1 Å². The van der Waals surface area contributed by atoms with Gasteiger partial charge in [0.05, 0.1) is 10.6 Å². The molecular weight excluding hydrogens is 284 g/mol. The monoisotopic (exact) mass is 296 g/mol. The molecule has 0 aliphatic heterocycles. The fraction of sp³-hybridized carbons (Fsp3) is 0.154. The number of rotatable bonds is 5. The minimum Gasteiger partial charge on any atom is -0.389 e. The zero-order valence-corrected chi connectivity index (χ0v) is 12.0. The number of benzene rings is 1. The number of hydrogen-bond donors (Lipinski definition) is 2. The van der Waals surface area contributed by atoms with Gasteiger partial charge in [0.15, 0.2) is 0 Å². The first-order chi connectivity index (χ1) is 8.68. The molecule has 0 bridgehead atoms. The minimum absolute atomic E-state index is 0.318. The van der Waals surface area contributed by atoms with Crippen LogP contribution >= 0.6 is 35.2 Å². The van der Waals surface area contributed by atoms with Crippen LogP contribution in [0, 0.1) is 0 Å². The van der Waals surface area contributed by atoms with Crippen LogP contribution in [0.15, 0.2) is 35.0 Å². The van der Waals surface area contributed by atoms with E-state index >= 15 is 0 Å². The van der Waals surface area contributed by atoms with Crippen LogP contribution in [0.4, 0.5) is 5.69 Å². The maximum absolute atomic E-state index is 6.10. The molecule has 18 heavy (non-hydrogen) atoms. The summed E-state index contributed by atoms with van der Waals surface area (Å²) in [5.74, 6) is 0. The third kappa shape index (κ3) is 3.22.